The highest BCUT2D eigenvalue weighted by Gasteiger charge is 2.37. The van der Waals surface area contributed by atoms with Gasteiger partial charge >= 0.3 is 0 Å². The molecule has 2 atom stereocenters. The molecule has 0 aromatic heterocycles. The number of fused-ring (bicyclic) bond motifs is 1. The Morgan fingerprint density at radius 3 is 2.42 bits per heavy atom. The molecular weight excluding hydrogens is 266 g/mol. The second kappa shape index (κ2) is 7.70. The maximum Gasteiger partial charge on any atom is 0.223 e. The zero-order valence-electron chi connectivity index (χ0n) is 11.5. The third-order valence-electron chi connectivity index (χ3n) is 3.88. The Morgan fingerprint density at radius 1 is 1.21 bits per heavy atom. The van der Waals surface area contributed by atoms with Crippen LogP contribution in [0, 0.1) is 11.8 Å². The lowest BCUT2D eigenvalue weighted by molar-refractivity contribution is -0.133. The predicted octanol–water partition coefficient (Wildman–Crippen LogP) is 0.392. The van der Waals surface area contributed by atoms with Gasteiger partial charge in [-0.2, -0.15) is 0 Å². The maximum atomic E-state index is 12.0. The van der Waals surface area contributed by atoms with Crippen molar-refractivity contribution in [2.24, 2.45) is 11.8 Å². The first-order chi connectivity index (χ1) is 8.70. The van der Waals surface area contributed by atoms with Gasteiger partial charge in [0.15, 0.2) is 0 Å². The van der Waals surface area contributed by atoms with Crippen LogP contribution in [0.5, 0.6) is 0 Å². The first kappa shape index (κ1) is 16.2. The number of carbonyl (C=O) groups excluding carboxylic acids is 2. The fourth-order valence-corrected chi connectivity index (χ4v) is 2.79. The van der Waals surface area contributed by atoms with Gasteiger partial charge in [-0.1, -0.05) is 6.92 Å². The first-order valence-electron chi connectivity index (χ1n) is 6.96. The number of amides is 2. The van der Waals surface area contributed by atoms with Gasteiger partial charge in [-0.25, -0.2) is 0 Å². The monoisotopic (exact) mass is 289 g/mol. The lowest BCUT2D eigenvalue weighted by Gasteiger charge is -2.17. The molecule has 0 saturated carbocycles. The largest absolute Gasteiger partial charge is 0.356 e. The minimum atomic E-state index is -0.00809. The number of halogens is 1. The number of nitrogens with one attached hydrogen (secondary N) is 2. The minimum Gasteiger partial charge on any atom is -0.356 e. The highest BCUT2D eigenvalue weighted by atomic mass is 35.5. The molecule has 0 unspecified atom stereocenters. The fourth-order valence-electron chi connectivity index (χ4n) is 2.79. The van der Waals surface area contributed by atoms with Crippen LogP contribution >= 0.6 is 12.4 Å². The van der Waals surface area contributed by atoms with E-state index in [0.717, 1.165) is 32.6 Å². The molecular formula is C13H24ClN3O2. The maximum absolute atomic E-state index is 12.0. The van der Waals surface area contributed by atoms with Gasteiger partial charge in [0.1, 0.15) is 0 Å². The molecule has 0 spiro atoms. The molecule has 2 fully saturated rings. The molecule has 2 saturated heterocycles. The van der Waals surface area contributed by atoms with E-state index in [1.54, 1.807) is 0 Å². The zero-order valence-corrected chi connectivity index (χ0v) is 12.3. The SMILES string of the molecule is CCCNC(=O)CCC(=O)N1C[C@H]2CNC[C@H]2C1.Cl. The summed E-state index contributed by atoms with van der Waals surface area (Å²) in [6.07, 6.45) is 1.60. The third-order valence-corrected chi connectivity index (χ3v) is 3.88. The van der Waals surface area contributed by atoms with E-state index in [-0.39, 0.29) is 24.2 Å². The minimum absolute atomic E-state index is 0. The van der Waals surface area contributed by atoms with Crippen molar-refractivity contribution in [2.45, 2.75) is 26.2 Å². The smallest absolute Gasteiger partial charge is 0.223 e. The van der Waals surface area contributed by atoms with Crippen molar-refractivity contribution in [3.8, 4) is 0 Å². The summed E-state index contributed by atoms with van der Waals surface area (Å²) >= 11 is 0. The van der Waals surface area contributed by atoms with Crippen molar-refractivity contribution in [1.82, 2.24) is 15.5 Å². The molecule has 6 heteroatoms. The average molecular weight is 290 g/mol. The lowest BCUT2D eigenvalue weighted by Crippen LogP contribution is -2.33. The molecule has 2 amide bonds. The van der Waals surface area contributed by atoms with E-state index >= 15 is 0 Å². The molecule has 0 aliphatic carbocycles. The van der Waals surface area contributed by atoms with Crippen LogP contribution in [0.3, 0.4) is 0 Å². The molecule has 2 heterocycles. The van der Waals surface area contributed by atoms with Crippen LogP contribution in [0.25, 0.3) is 0 Å². The summed E-state index contributed by atoms with van der Waals surface area (Å²) in [5, 5.41) is 6.15. The molecule has 2 aliphatic heterocycles. The van der Waals surface area contributed by atoms with Gasteiger partial charge in [0.05, 0.1) is 0 Å². The molecule has 0 aromatic carbocycles. The van der Waals surface area contributed by atoms with E-state index in [4.69, 9.17) is 0 Å². The van der Waals surface area contributed by atoms with Gasteiger partial charge < -0.3 is 15.5 Å². The Balaban J connectivity index is 0.00000180. The van der Waals surface area contributed by atoms with E-state index in [0.29, 0.717) is 31.2 Å². The van der Waals surface area contributed by atoms with Gasteiger partial charge in [-0.05, 0) is 18.3 Å². The van der Waals surface area contributed by atoms with Crippen molar-refractivity contribution < 1.29 is 9.59 Å². The van der Waals surface area contributed by atoms with Crippen molar-refractivity contribution in [1.29, 1.82) is 0 Å². The molecule has 0 radical (unpaired) electrons. The topological polar surface area (TPSA) is 61.4 Å². The Bertz CT molecular complexity index is 313. The van der Waals surface area contributed by atoms with E-state index < -0.39 is 0 Å². The fraction of sp³-hybridized carbons (Fsp3) is 0.846. The molecule has 2 N–H and O–H groups in total. The van der Waals surface area contributed by atoms with Gasteiger partial charge in [0.2, 0.25) is 11.8 Å². The van der Waals surface area contributed by atoms with Crippen LogP contribution in [0.1, 0.15) is 26.2 Å². The van der Waals surface area contributed by atoms with E-state index in [1.807, 2.05) is 11.8 Å². The van der Waals surface area contributed by atoms with Crippen molar-refractivity contribution in [3.63, 3.8) is 0 Å². The number of hydrogen-bond donors (Lipinski definition) is 2. The molecule has 2 rings (SSSR count). The molecule has 110 valence electrons. The predicted molar refractivity (Wildman–Crippen MR) is 76.2 cm³/mol. The summed E-state index contributed by atoms with van der Waals surface area (Å²) in [7, 11) is 0. The van der Waals surface area contributed by atoms with Crippen LogP contribution in [0.4, 0.5) is 0 Å². The standard InChI is InChI=1S/C13H23N3O2.ClH/c1-2-5-15-12(17)3-4-13(18)16-8-10-6-14-7-11(10)9-16;/h10-11,14H,2-9H2,1H3,(H,15,17);1H/t10-,11+;. The van der Waals surface area contributed by atoms with E-state index in [9.17, 15) is 9.59 Å². The van der Waals surface area contributed by atoms with Crippen molar-refractivity contribution in [3.05, 3.63) is 0 Å². The van der Waals surface area contributed by atoms with Crippen LogP contribution in [-0.4, -0.2) is 49.4 Å². The molecule has 0 bridgehead atoms. The Hall–Kier alpha value is -0.810. The summed E-state index contributed by atoms with van der Waals surface area (Å²) in [6.45, 7) is 6.52. The van der Waals surface area contributed by atoms with E-state index in [2.05, 4.69) is 10.6 Å². The summed E-state index contributed by atoms with van der Waals surface area (Å²) in [6, 6.07) is 0. The first-order valence-corrected chi connectivity index (χ1v) is 6.96. The Kier molecular flexibility index (Phi) is 6.58. The Labute approximate surface area is 120 Å². The number of hydrogen-bond acceptors (Lipinski definition) is 3. The number of rotatable bonds is 5. The van der Waals surface area contributed by atoms with Crippen LogP contribution < -0.4 is 10.6 Å². The molecule has 2 aliphatic rings. The lowest BCUT2D eigenvalue weighted by atomic mass is 10.0. The summed E-state index contributed by atoms with van der Waals surface area (Å²) in [5.41, 5.74) is 0. The number of nitrogens with zero attached hydrogens (tertiary/aromatic N) is 1. The average Bonchev–Trinajstić information content (AvgIpc) is 2.93. The summed E-state index contributed by atoms with van der Waals surface area (Å²) < 4.78 is 0. The van der Waals surface area contributed by atoms with Gasteiger partial charge in [-0.15, -0.1) is 12.4 Å². The highest BCUT2D eigenvalue weighted by molar-refractivity contribution is 5.85. The van der Waals surface area contributed by atoms with E-state index in [1.165, 1.54) is 0 Å². The van der Waals surface area contributed by atoms with Gasteiger partial charge in [0, 0.05) is 45.6 Å². The summed E-state index contributed by atoms with van der Waals surface area (Å²) in [4.78, 5) is 25.3. The van der Waals surface area contributed by atoms with Gasteiger partial charge in [0.25, 0.3) is 0 Å². The number of carbonyl (C=O) groups is 2. The van der Waals surface area contributed by atoms with Crippen molar-refractivity contribution >= 4 is 24.2 Å². The second-order valence-electron chi connectivity index (χ2n) is 5.33. The molecule has 5 nitrogen and oxygen atoms in total. The van der Waals surface area contributed by atoms with Crippen LogP contribution in [0.2, 0.25) is 0 Å². The highest BCUT2D eigenvalue weighted by Crippen LogP contribution is 2.26. The third kappa shape index (κ3) is 4.35. The van der Waals surface area contributed by atoms with Crippen LogP contribution in [-0.2, 0) is 9.59 Å². The molecule has 0 aromatic rings. The normalized spacial score (nSPS) is 24.8. The quantitative estimate of drug-likeness (QED) is 0.770. The zero-order chi connectivity index (χ0) is 13.0. The Morgan fingerprint density at radius 2 is 1.84 bits per heavy atom. The van der Waals surface area contributed by atoms with Crippen LogP contribution in [0.15, 0.2) is 0 Å². The van der Waals surface area contributed by atoms with Crippen molar-refractivity contribution in [2.75, 3.05) is 32.7 Å². The number of likely N-dealkylation sites (tertiary alicyclic amines) is 1. The summed E-state index contributed by atoms with van der Waals surface area (Å²) in [5.74, 6) is 1.38. The van der Waals surface area contributed by atoms with Gasteiger partial charge in [-0.3, -0.25) is 9.59 Å². The molecule has 19 heavy (non-hydrogen) atoms. The second-order valence-corrected chi connectivity index (χ2v) is 5.33.